The van der Waals surface area contributed by atoms with Crippen LogP contribution in [0.3, 0.4) is 0 Å². The average molecular weight is 363 g/mol. The van der Waals surface area contributed by atoms with E-state index in [1.165, 1.54) is 0 Å². The number of hydroxylamine groups is 2. The molecule has 0 N–H and O–H groups in total. The zero-order valence-corrected chi connectivity index (χ0v) is 15.3. The minimum atomic E-state index is -0.399. The van der Waals surface area contributed by atoms with Crippen LogP contribution in [0.15, 0.2) is 60.8 Å². The molecule has 0 bridgehead atoms. The van der Waals surface area contributed by atoms with E-state index in [4.69, 9.17) is 4.84 Å². The summed E-state index contributed by atoms with van der Waals surface area (Å²) in [6, 6.07) is 16.5. The van der Waals surface area contributed by atoms with Crippen molar-refractivity contribution in [3.05, 3.63) is 71.9 Å². The minimum Gasteiger partial charge on any atom is -0.364 e. The summed E-state index contributed by atoms with van der Waals surface area (Å²) in [6.07, 6.45) is 2.47. The van der Waals surface area contributed by atoms with Crippen LogP contribution in [-0.4, -0.2) is 40.2 Å². The van der Waals surface area contributed by atoms with E-state index >= 15 is 0 Å². The fraction of sp³-hybridized carbons (Fsp3) is 0.190. The van der Waals surface area contributed by atoms with Crippen molar-refractivity contribution >= 4 is 12.3 Å². The molecule has 0 fully saturated rings. The van der Waals surface area contributed by atoms with Crippen LogP contribution in [0.1, 0.15) is 34.6 Å². The van der Waals surface area contributed by atoms with E-state index in [1.54, 1.807) is 40.2 Å². The largest absolute Gasteiger partial charge is 0.364 e. The maximum Gasteiger partial charge on any atom is 0.357 e. The fourth-order valence-corrected chi connectivity index (χ4v) is 2.70. The molecule has 0 unspecified atom stereocenters. The monoisotopic (exact) mass is 363 g/mol. The Hall–Kier alpha value is -3.25. The highest BCUT2D eigenvalue weighted by Crippen LogP contribution is 2.22. The van der Waals surface area contributed by atoms with Crippen LogP contribution in [-0.2, 0) is 4.84 Å². The molecule has 3 rings (SSSR count). The SMILES string of the molecule is CCN(CC)OC(=O)c1ccc(-n2cc(C=O)c(-c3ccccc3)n2)cc1. The van der Waals surface area contributed by atoms with Gasteiger partial charge in [-0.05, 0) is 38.1 Å². The van der Waals surface area contributed by atoms with Gasteiger partial charge in [-0.1, -0.05) is 30.3 Å². The summed E-state index contributed by atoms with van der Waals surface area (Å²) in [5.41, 5.74) is 3.20. The van der Waals surface area contributed by atoms with Gasteiger partial charge >= 0.3 is 5.97 Å². The second-order valence-electron chi connectivity index (χ2n) is 5.90. The van der Waals surface area contributed by atoms with E-state index < -0.39 is 5.97 Å². The molecule has 0 saturated heterocycles. The molecule has 138 valence electrons. The van der Waals surface area contributed by atoms with E-state index in [1.807, 2.05) is 44.2 Å². The Labute approximate surface area is 157 Å². The predicted molar refractivity (Wildman–Crippen MR) is 103 cm³/mol. The van der Waals surface area contributed by atoms with Crippen molar-refractivity contribution in [3.8, 4) is 16.9 Å². The van der Waals surface area contributed by atoms with E-state index in [0.29, 0.717) is 29.9 Å². The van der Waals surface area contributed by atoms with E-state index in [0.717, 1.165) is 17.5 Å². The van der Waals surface area contributed by atoms with Gasteiger partial charge in [0, 0.05) is 24.8 Å². The second kappa shape index (κ2) is 8.42. The number of aromatic nitrogens is 2. The van der Waals surface area contributed by atoms with Gasteiger partial charge in [-0.25, -0.2) is 9.48 Å². The van der Waals surface area contributed by atoms with Crippen LogP contribution in [0.2, 0.25) is 0 Å². The molecule has 1 heterocycles. The molecular formula is C21H21N3O3. The zero-order valence-electron chi connectivity index (χ0n) is 15.3. The molecule has 1 aromatic heterocycles. The standard InChI is InChI=1S/C21H21N3O3/c1-3-23(4-2)27-21(26)17-10-12-19(13-11-17)24-14-18(15-25)20(22-24)16-8-6-5-7-9-16/h5-15H,3-4H2,1-2H3. The minimum absolute atomic E-state index is 0.399. The molecule has 0 atom stereocenters. The van der Waals surface area contributed by atoms with Gasteiger partial charge in [0.15, 0.2) is 6.29 Å². The molecule has 0 spiro atoms. The lowest BCUT2D eigenvalue weighted by atomic mass is 10.1. The number of hydrogen-bond acceptors (Lipinski definition) is 5. The van der Waals surface area contributed by atoms with Crippen LogP contribution >= 0.6 is 0 Å². The molecule has 2 aromatic carbocycles. The Morgan fingerprint density at radius 2 is 1.74 bits per heavy atom. The van der Waals surface area contributed by atoms with Gasteiger partial charge in [-0.3, -0.25) is 4.79 Å². The van der Waals surface area contributed by atoms with E-state index in [-0.39, 0.29) is 0 Å². The molecule has 6 heteroatoms. The van der Waals surface area contributed by atoms with Gasteiger partial charge in [0.1, 0.15) is 5.69 Å². The third-order valence-corrected chi connectivity index (χ3v) is 4.20. The Bertz CT molecular complexity index is 914. The number of nitrogens with zero attached hydrogens (tertiary/aromatic N) is 3. The highest BCUT2D eigenvalue weighted by atomic mass is 16.7. The van der Waals surface area contributed by atoms with Gasteiger partial charge < -0.3 is 4.84 Å². The number of benzene rings is 2. The van der Waals surface area contributed by atoms with Crippen molar-refractivity contribution in [1.82, 2.24) is 14.8 Å². The van der Waals surface area contributed by atoms with Gasteiger partial charge in [-0.2, -0.15) is 5.10 Å². The Kier molecular flexibility index (Phi) is 5.78. The molecule has 0 aliphatic heterocycles. The van der Waals surface area contributed by atoms with Crippen LogP contribution in [0.5, 0.6) is 0 Å². The number of hydrogen-bond donors (Lipinski definition) is 0. The van der Waals surface area contributed by atoms with E-state index in [2.05, 4.69) is 5.10 Å². The van der Waals surface area contributed by atoms with Crippen molar-refractivity contribution in [2.24, 2.45) is 0 Å². The summed E-state index contributed by atoms with van der Waals surface area (Å²) in [7, 11) is 0. The van der Waals surface area contributed by atoms with Crippen LogP contribution in [0.25, 0.3) is 16.9 Å². The highest BCUT2D eigenvalue weighted by molar-refractivity contribution is 5.89. The first-order valence-corrected chi connectivity index (χ1v) is 8.84. The molecule has 27 heavy (non-hydrogen) atoms. The molecule has 0 saturated carbocycles. The lowest BCUT2D eigenvalue weighted by molar-refractivity contribution is -0.103. The quantitative estimate of drug-likeness (QED) is 0.472. The first kappa shape index (κ1) is 18.5. The summed E-state index contributed by atoms with van der Waals surface area (Å²) in [5.74, 6) is -0.399. The molecule has 3 aromatic rings. The first-order valence-electron chi connectivity index (χ1n) is 8.84. The van der Waals surface area contributed by atoms with Crippen molar-refractivity contribution in [2.45, 2.75) is 13.8 Å². The van der Waals surface area contributed by atoms with Crippen molar-refractivity contribution in [2.75, 3.05) is 13.1 Å². The Balaban J connectivity index is 1.84. The number of aldehydes is 1. The lowest BCUT2D eigenvalue weighted by Crippen LogP contribution is -2.26. The molecule has 0 amide bonds. The summed E-state index contributed by atoms with van der Waals surface area (Å²) in [6.45, 7) is 5.10. The smallest absolute Gasteiger partial charge is 0.357 e. The fourth-order valence-electron chi connectivity index (χ4n) is 2.70. The van der Waals surface area contributed by atoms with Crippen LogP contribution in [0.4, 0.5) is 0 Å². The second-order valence-corrected chi connectivity index (χ2v) is 5.90. The normalized spacial score (nSPS) is 10.8. The Morgan fingerprint density at radius 1 is 1.07 bits per heavy atom. The van der Waals surface area contributed by atoms with Crippen molar-refractivity contribution in [3.63, 3.8) is 0 Å². The average Bonchev–Trinajstić information content (AvgIpc) is 3.17. The third-order valence-electron chi connectivity index (χ3n) is 4.20. The van der Waals surface area contributed by atoms with Gasteiger partial charge in [-0.15, -0.1) is 5.06 Å². The molecule has 0 radical (unpaired) electrons. The van der Waals surface area contributed by atoms with Gasteiger partial charge in [0.05, 0.1) is 16.8 Å². The highest BCUT2D eigenvalue weighted by Gasteiger charge is 2.14. The molecule has 0 aliphatic rings. The van der Waals surface area contributed by atoms with Gasteiger partial charge in [0.25, 0.3) is 0 Å². The predicted octanol–water partition coefficient (Wildman–Crippen LogP) is 3.77. The zero-order chi connectivity index (χ0) is 19.2. The molecule has 6 nitrogen and oxygen atoms in total. The lowest BCUT2D eigenvalue weighted by Gasteiger charge is -2.17. The Morgan fingerprint density at radius 3 is 2.33 bits per heavy atom. The molecular weight excluding hydrogens is 342 g/mol. The van der Waals surface area contributed by atoms with Crippen molar-refractivity contribution in [1.29, 1.82) is 0 Å². The van der Waals surface area contributed by atoms with Gasteiger partial charge in [0.2, 0.25) is 0 Å². The maximum atomic E-state index is 12.2. The summed E-state index contributed by atoms with van der Waals surface area (Å²) < 4.78 is 1.63. The number of carbonyl (C=O) groups excluding carboxylic acids is 2. The number of carbonyl (C=O) groups is 2. The summed E-state index contributed by atoms with van der Waals surface area (Å²) in [5, 5.41) is 6.12. The summed E-state index contributed by atoms with van der Waals surface area (Å²) >= 11 is 0. The van der Waals surface area contributed by atoms with E-state index in [9.17, 15) is 9.59 Å². The van der Waals surface area contributed by atoms with Crippen LogP contribution in [0, 0.1) is 0 Å². The van der Waals surface area contributed by atoms with Crippen molar-refractivity contribution < 1.29 is 14.4 Å². The van der Waals surface area contributed by atoms with Crippen LogP contribution < -0.4 is 0 Å². The topological polar surface area (TPSA) is 64.4 Å². The first-order chi connectivity index (χ1) is 13.2. The summed E-state index contributed by atoms with van der Waals surface area (Å²) in [4.78, 5) is 28.9. The number of rotatable bonds is 7. The molecule has 0 aliphatic carbocycles. The third kappa shape index (κ3) is 4.12. The maximum absolute atomic E-state index is 12.2.